The Morgan fingerprint density at radius 1 is 1.06 bits per heavy atom. The highest BCUT2D eigenvalue weighted by molar-refractivity contribution is 7.14. The molecule has 5 heterocycles. The fourth-order valence-corrected chi connectivity index (χ4v) is 7.29. The highest BCUT2D eigenvalue weighted by atomic mass is 32.1. The zero-order valence-electron chi connectivity index (χ0n) is 31.3. The van der Waals surface area contributed by atoms with Crippen LogP contribution in [-0.2, 0) is 16.8 Å². The van der Waals surface area contributed by atoms with Crippen molar-refractivity contribution >= 4 is 51.9 Å². The number of aromatic nitrogens is 7. The molecule has 6 rings (SSSR count). The number of hydrogen-bond donors (Lipinski definition) is 1. The first-order valence-corrected chi connectivity index (χ1v) is 18.2. The molecule has 2 amide bonds. The van der Waals surface area contributed by atoms with Gasteiger partial charge in [0.25, 0.3) is 11.5 Å². The summed E-state index contributed by atoms with van der Waals surface area (Å²) in [5, 5.41) is 17.6. The minimum absolute atomic E-state index is 0.0375. The van der Waals surface area contributed by atoms with E-state index in [9.17, 15) is 14.4 Å². The molecule has 1 fully saturated rings. The van der Waals surface area contributed by atoms with Gasteiger partial charge < -0.3 is 19.4 Å². The van der Waals surface area contributed by atoms with Gasteiger partial charge in [-0.25, -0.2) is 14.6 Å². The third-order valence-electron chi connectivity index (χ3n) is 9.01. The van der Waals surface area contributed by atoms with E-state index in [2.05, 4.69) is 46.6 Å². The number of rotatable bonds is 10. The van der Waals surface area contributed by atoms with E-state index in [0.717, 1.165) is 17.0 Å². The molecule has 0 saturated carbocycles. The van der Waals surface area contributed by atoms with Crippen LogP contribution < -0.4 is 20.5 Å². The summed E-state index contributed by atoms with van der Waals surface area (Å²) in [6.45, 7) is 11.8. The Hall–Kier alpha value is -5.48. The van der Waals surface area contributed by atoms with Crippen molar-refractivity contribution in [2.45, 2.75) is 58.7 Å². The van der Waals surface area contributed by atoms with Gasteiger partial charge in [0.2, 0.25) is 5.91 Å². The molecule has 0 aliphatic carbocycles. The molecule has 1 N–H and O–H groups in total. The van der Waals surface area contributed by atoms with Crippen LogP contribution in [0.15, 0.2) is 52.8 Å². The lowest BCUT2D eigenvalue weighted by Crippen LogP contribution is -2.60. The minimum Gasteiger partial charge on any atom is -0.497 e. The normalized spacial score (nSPS) is 16.5. The van der Waals surface area contributed by atoms with Gasteiger partial charge in [-0.15, -0.1) is 16.4 Å². The van der Waals surface area contributed by atoms with Gasteiger partial charge in [0.1, 0.15) is 17.2 Å². The molecule has 15 nitrogen and oxygen atoms in total. The molecule has 1 aliphatic rings. The minimum atomic E-state index is -0.360. The molecule has 5 aromatic rings. The average molecular weight is 740 g/mol. The number of tetrazole rings is 1. The number of methoxy groups -OCH3 is 1. The number of hydrogen-bond acceptors (Lipinski definition) is 12. The quantitative estimate of drug-likeness (QED) is 0.222. The van der Waals surface area contributed by atoms with Crippen LogP contribution in [0.5, 0.6) is 5.75 Å². The number of anilines is 2. The molecular weight excluding hydrogens is 695 g/mol. The van der Waals surface area contributed by atoms with E-state index in [1.165, 1.54) is 15.7 Å². The molecule has 1 aromatic carbocycles. The molecule has 0 unspecified atom stereocenters. The van der Waals surface area contributed by atoms with Gasteiger partial charge in [-0.3, -0.25) is 24.1 Å². The predicted octanol–water partition coefficient (Wildman–Crippen LogP) is 3.90. The Labute approximate surface area is 311 Å². The maximum atomic E-state index is 14.3. The molecule has 0 bridgehead atoms. The first-order chi connectivity index (χ1) is 25.2. The number of nitrogens with zero attached hydrogens (tertiary/aromatic N) is 10. The molecule has 0 spiro atoms. The number of nitrogens with one attached hydrogen (secondary N) is 1. The molecule has 4 aromatic heterocycles. The molecule has 2 atom stereocenters. The van der Waals surface area contributed by atoms with Crippen LogP contribution in [0.1, 0.15) is 67.6 Å². The first kappa shape index (κ1) is 37.3. The predicted molar refractivity (Wildman–Crippen MR) is 206 cm³/mol. The van der Waals surface area contributed by atoms with E-state index < -0.39 is 0 Å². The van der Waals surface area contributed by atoms with Crippen molar-refractivity contribution in [2.75, 3.05) is 51.1 Å². The summed E-state index contributed by atoms with van der Waals surface area (Å²) >= 11 is 1.36. The Morgan fingerprint density at radius 3 is 2.42 bits per heavy atom. The van der Waals surface area contributed by atoms with Crippen molar-refractivity contribution in [3.63, 3.8) is 0 Å². The summed E-state index contributed by atoms with van der Waals surface area (Å²) in [7, 11) is 5.36. The Balaban J connectivity index is 1.36. The van der Waals surface area contributed by atoms with Gasteiger partial charge in [-0.05, 0) is 80.4 Å². The number of thiazole rings is 1. The van der Waals surface area contributed by atoms with Gasteiger partial charge in [-0.2, -0.15) is 0 Å². The number of fused-ring (bicyclic) bond motifs is 1. The van der Waals surface area contributed by atoms with Crippen LogP contribution in [0.2, 0.25) is 0 Å². The number of amides is 2. The highest BCUT2D eigenvalue weighted by Crippen LogP contribution is 2.28. The zero-order chi connectivity index (χ0) is 38.0. The van der Waals surface area contributed by atoms with E-state index in [0.29, 0.717) is 59.7 Å². The van der Waals surface area contributed by atoms with E-state index in [-0.39, 0.29) is 34.9 Å². The largest absolute Gasteiger partial charge is 0.497 e. The molecule has 1 saturated heterocycles. The lowest BCUT2D eigenvalue weighted by Gasteiger charge is -2.45. The standard InChI is InChI=1S/C37H45N11O4S/c1-23-18-45(19-24(2)48(23)32(49)21-44(6)7)33-28(13-14-30-41-42-43-47(30)20-25-9-11-27(52-8)12-10-25)35(51)46-16-15-26(17-31(46)39-33)34(50)40-36-38-29(22-53-36)37(3,4)5/h9-17,22-24H,18-21H2,1-8H3,(H,38,40,50)/b14-13+/t23-,24+. The second-order valence-electron chi connectivity index (χ2n) is 14.6. The number of carbonyl (C=O) groups is 2. The molecule has 0 radical (unpaired) electrons. The lowest BCUT2D eigenvalue weighted by atomic mass is 9.93. The molecule has 53 heavy (non-hydrogen) atoms. The molecule has 1 aliphatic heterocycles. The van der Waals surface area contributed by atoms with Crippen molar-refractivity contribution in [3.8, 4) is 5.75 Å². The van der Waals surface area contributed by atoms with Gasteiger partial charge in [-0.1, -0.05) is 32.9 Å². The number of likely N-dealkylation sites (N-methyl/N-ethyl adjacent to an activating group) is 1. The van der Waals surface area contributed by atoms with Gasteiger partial charge >= 0.3 is 0 Å². The van der Waals surface area contributed by atoms with Crippen LogP contribution in [0.3, 0.4) is 0 Å². The second kappa shape index (κ2) is 15.2. The molecule has 16 heteroatoms. The third-order valence-corrected chi connectivity index (χ3v) is 9.77. The van der Waals surface area contributed by atoms with Gasteiger partial charge in [0.05, 0.1) is 31.5 Å². The topological polar surface area (TPSA) is 156 Å². The summed E-state index contributed by atoms with van der Waals surface area (Å²) in [6.07, 6.45) is 4.94. The van der Waals surface area contributed by atoms with Gasteiger partial charge in [0, 0.05) is 47.7 Å². The van der Waals surface area contributed by atoms with Crippen LogP contribution in [0.25, 0.3) is 17.8 Å². The van der Waals surface area contributed by atoms with E-state index in [4.69, 9.17) is 9.72 Å². The van der Waals surface area contributed by atoms with Crippen LogP contribution in [0, 0.1) is 0 Å². The average Bonchev–Trinajstić information content (AvgIpc) is 3.77. The maximum Gasteiger partial charge on any atom is 0.267 e. The van der Waals surface area contributed by atoms with E-state index >= 15 is 0 Å². The highest BCUT2D eigenvalue weighted by Gasteiger charge is 2.34. The Morgan fingerprint density at radius 2 is 1.77 bits per heavy atom. The monoisotopic (exact) mass is 739 g/mol. The second-order valence-corrected chi connectivity index (χ2v) is 15.4. The molecule has 278 valence electrons. The first-order valence-electron chi connectivity index (χ1n) is 17.3. The van der Waals surface area contributed by atoms with E-state index in [1.807, 2.05) is 72.3 Å². The van der Waals surface area contributed by atoms with Crippen molar-refractivity contribution in [3.05, 3.63) is 86.5 Å². The fourth-order valence-electron chi connectivity index (χ4n) is 6.36. The van der Waals surface area contributed by atoms with Crippen LogP contribution in [-0.4, -0.2) is 109 Å². The smallest absolute Gasteiger partial charge is 0.267 e. The van der Waals surface area contributed by atoms with Crippen LogP contribution in [0.4, 0.5) is 10.9 Å². The SMILES string of the molecule is COc1ccc(Cn2nnnc2/C=C/c2c(N3C[C@@H](C)N(C(=O)CN(C)C)[C@@H](C)C3)nc3cc(C(=O)Nc4nc(C(C)(C)C)cs4)ccn3c2=O)cc1. The third kappa shape index (κ3) is 8.28. The number of pyridine rings is 1. The number of ether oxygens (including phenoxy) is 1. The number of benzene rings is 1. The van der Waals surface area contributed by atoms with Crippen molar-refractivity contribution in [1.82, 2.24) is 44.4 Å². The Kier molecular flexibility index (Phi) is 10.7. The Bertz CT molecular complexity index is 2190. The summed E-state index contributed by atoms with van der Waals surface area (Å²) in [6, 6.07) is 10.5. The van der Waals surface area contributed by atoms with Gasteiger partial charge in [0.15, 0.2) is 11.0 Å². The summed E-state index contributed by atoms with van der Waals surface area (Å²) < 4.78 is 8.34. The number of piperazine rings is 1. The fraction of sp³-hybridized carbons (Fsp3) is 0.405. The maximum absolute atomic E-state index is 14.3. The lowest BCUT2D eigenvalue weighted by molar-refractivity contribution is -0.136. The summed E-state index contributed by atoms with van der Waals surface area (Å²) in [4.78, 5) is 56.3. The van der Waals surface area contributed by atoms with E-state index in [1.54, 1.807) is 42.3 Å². The van der Waals surface area contributed by atoms with Crippen molar-refractivity contribution < 1.29 is 14.3 Å². The summed E-state index contributed by atoms with van der Waals surface area (Å²) in [5.41, 5.74) is 2.33. The molecular formula is C37H45N11O4S. The van der Waals surface area contributed by atoms with Crippen molar-refractivity contribution in [2.24, 2.45) is 0 Å². The zero-order valence-corrected chi connectivity index (χ0v) is 32.1. The number of carbonyl (C=O) groups excluding carboxylic acids is 2. The van der Waals surface area contributed by atoms with Crippen molar-refractivity contribution in [1.29, 1.82) is 0 Å². The van der Waals surface area contributed by atoms with Crippen LogP contribution >= 0.6 is 11.3 Å². The summed E-state index contributed by atoms with van der Waals surface area (Å²) in [5.74, 6) is 1.31.